The third-order valence-electron chi connectivity index (χ3n) is 1.34. The molecule has 0 bridgehead atoms. The molecule has 0 saturated carbocycles. The summed E-state index contributed by atoms with van der Waals surface area (Å²) in [6.45, 7) is 1.72. The van der Waals surface area contributed by atoms with Gasteiger partial charge >= 0.3 is 0 Å². The molecule has 13 heavy (non-hydrogen) atoms. The molecule has 0 aliphatic heterocycles. The number of ether oxygens (including phenoxy) is 2. The van der Waals surface area contributed by atoms with Gasteiger partial charge in [0.1, 0.15) is 5.01 Å². The molecule has 1 rings (SSSR count). The number of aromatic nitrogens is 2. The van der Waals surface area contributed by atoms with Crippen molar-refractivity contribution in [3.63, 3.8) is 0 Å². The molecule has 2 N–H and O–H groups in total. The molecule has 1 aromatic rings. The largest absolute Gasteiger partial charge is 0.469 e. The van der Waals surface area contributed by atoms with Crippen molar-refractivity contribution >= 4 is 11.3 Å². The van der Waals surface area contributed by atoms with E-state index in [4.69, 9.17) is 15.2 Å². The molecule has 0 aliphatic carbocycles. The average molecular weight is 203 g/mol. The van der Waals surface area contributed by atoms with Crippen LogP contribution < -0.4 is 10.5 Å². The Morgan fingerprint density at radius 3 is 2.85 bits per heavy atom. The summed E-state index contributed by atoms with van der Waals surface area (Å²) in [5, 5.41) is 9.00. The zero-order chi connectivity index (χ0) is 9.52. The second kappa shape index (κ2) is 5.85. The highest BCUT2D eigenvalue weighted by Gasteiger charge is 2.02. The standard InChI is InChI=1S/C7H13N3O2S/c1-11-3-2-4-12-7-10-9-6(5-8)13-7/h2-5,8H2,1H3. The van der Waals surface area contributed by atoms with Gasteiger partial charge < -0.3 is 15.2 Å². The minimum absolute atomic E-state index is 0.416. The lowest BCUT2D eigenvalue weighted by Gasteiger charge is -1.99. The van der Waals surface area contributed by atoms with Crippen LogP contribution in [0.5, 0.6) is 5.19 Å². The molecule has 0 spiro atoms. The molecule has 1 aromatic heterocycles. The number of nitrogens with zero attached hydrogens (tertiary/aromatic N) is 2. The highest BCUT2D eigenvalue weighted by atomic mass is 32.1. The second-order valence-corrected chi connectivity index (χ2v) is 3.39. The zero-order valence-corrected chi connectivity index (χ0v) is 8.34. The van der Waals surface area contributed by atoms with Crippen molar-refractivity contribution in [2.24, 2.45) is 5.73 Å². The molecule has 0 amide bonds. The van der Waals surface area contributed by atoms with Crippen LogP contribution in [-0.2, 0) is 11.3 Å². The first-order valence-electron chi connectivity index (χ1n) is 4.01. The third-order valence-corrected chi connectivity index (χ3v) is 2.20. The Hall–Kier alpha value is -0.720. The van der Waals surface area contributed by atoms with E-state index < -0.39 is 0 Å². The van der Waals surface area contributed by atoms with Gasteiger partial charge in [0.25, 0.3) is 5.19 Å². The van der Waals surface area contributed by atoms with Crippen molar-refractivity contribution in [1.82, 2.24) is 10.2 Å². The van der Waals surface area contributed by atoms with E-state index in [1.165, 1.54) is 11.3 Å². The first-order chi connectivity index (χ1) is 6.36. The summed E-state index contributed by atoms with van der Waals surface area (Å²) in [6, 6.07) is 0. The van der Waals surface area contributed by atoms with E-state index in [0.29, 0.717) is 25.0 Å². The number of nitrogens with two attached hydrogens (primary N) is 1. The highest BCUT2D eigenvalue weighted by Crippen LogP contribution is 2.16. The van der Waals surface area contributed by atoms with E-state index >= 15 is 0 Å². The van der Waals surface area contributed by atoms with Gasteiger partial charge in [-0.1, -0.05) is 11.3 Å². The molecule has 0 aromatic carbocycles. The van der Waals surface area contributed by atoms with E-state index in [9.17, 15) is 0 Å². The molecule has 6 heteroatoms. The van der Waals surface area contributed by atoms with E-state index in [2.05, 4.69) is 10.2 Å². The van der Waals surface area contributed by atoms with Crippen LogP contribution in [0.25, 0.3) is 0 Å². The van der Waals surface area contributed by atoms with Gasteiger partial charge in [0.2, 0.25) is 0 Å². The highest BCUT2D eigenvalue weighted by molar-refractivity contribution is 7.13. The minimum atomic E-state index is 0.416. The van der Waals surface area contributed by atoms with Crippen LogP contribution in [0.4, 0.5) is 0 Å². The molecule has 0 unspecified atom stereocenters. The fourth-order valence-corrected chi connectivity index (χ4v) is 1.33. The lowest BCUT2D eigenvalue weighted by molar-refractivity contribution is 0.171. The van der Waals surface area contributed by atoms with E-state index in [-0.39, 0.29) is 0 Å². The Morgan fingerprint density at radius 2 is 2.23 bits per heavy atom. The zero-order valence-electron chi connectivity index (χ0n) is 7.52. The lowest BCUT2D eigenvalue weighted by atomic mass is 10.5. The lowest BCUT2D eigenvalue weighted by Crippen LogP contribution is -2.00. The molecule has 0 radical (unpaired) electrons. The molecule has 0 aliphatic rings. The maximum Gasteiger partial charge on any atom is 0.294 e. The monoisotopic (exact) mass is 203 g/mol. The van der Waals surface area contributed by atoms with Crippen molar-refractivity contribution in [1.29, 1.82) is 0 Å². The van der Waals surface area contributed by atoms with Gasteiger partial charge in [-0.15, -0.1) is 10.2 Å². The molecular weight excluding hydrogens is 190 g/mol. The van der Waals surface area contributed by atoms with E-state index in [0.717, 1.165) is 11.4 Å². The third kappa shape index (κ3) is 3.67. The number of methoxy groups -OCH3 is 1. The van der Waals surface area contributed by atoms with Gasteiger partial charge in [0.05, 0.1) is 6.61 Å². The molecule has 74 valence electrons. The molecule has 1 heterocycles. The van der Waals surface area contributed by atoms with Gasteiger partial charge in [-0.05, 0) is 0 Å². The quantitative estimate of drug-likeness (QED) is 0.678. The molecular formula is C7H13N3O2S. The maximum absolute atomic E-state index is 5.37. The van der Waals surface area contributed by atoms with Crippen LogP contribution in [0.15, 0.2) is 0 Å². The van der Waals surface area contributed by atoms with Gasteiger partial charge in [-0.2, -0.15) is 0 Å². The van der Waals surface area contributed by atoms with Crippen LogP contribution in [-0.4, -0.2) is 30.5 Å². The fraction of sp³-hybridized carbons (Fsp3) is 0.714. The molecule has 0 saturated heterocycles. The summed E-state index contributed by atoms with van der Waals surface area (Å²) >= 11 is 1.38. The smallest absolute Gasteiger partial charge is 0.294 e. The Labute approximate surface area is 80.9 Å². The summed E-state index contributed by atoms with van der Waals surface area (Å²) in [7, 11) is 1.66. The Morgan fingerprint density at radius 1 is 1.38 bits per heavy atom. The van der Waals surface area contributed by atoms with E-state index in [1.807, 2.05) is 0 Å². The van der Waals surface area contributed by atoms with E-state index in [1.54, 1.807) is 7.11 Å². The minimum Gasteiger partial charge on any atom is -0.469 e. The number of hydrogen-bond acceptors (Lipinski definition) is 6. The summed E-state index contributed by atoms with van der Waals surface area (Å²) in [5.74, 6) is 0. The first kappa shape index (κ1) is 10.4. The molecule has 5 nitrogen and oxygen atoms in total. The van der Waals surface area contributed by atoms with Crippen LogP contribution in [0.1, 0.15) is 11.4 Å². The van der Waals surface area contributed by atoms with Crippen molar-refractivity contribution in [2.75, 3.05) is 20.3 Å². The topological polar surface area (TPSA) is 70.3 Å². The van der Waals surface area contributed by atoms with Crippen LogP contribution in [0.3, 0.4) is 0 Å². The summed E-state index contributed by atoms with van der Waals surface area (Å²) in [4.78, 5) is 0. The summed E-state index contributed by atoms with van der Waals surface area (Å²) in [6.07, 6.45) is 0.855. The Bertz CT molecular complexity index is 241. The van der Waals surface area contributed by atoms with Crippen LogP contribution >= 0.6 is 11.3 Å². The molecule has 0 atom stereocenters. The first-order valence-corrected chi connectivity index (χ1v) is 4.82. The maximum atomic E-state index is 5.37. The average Bonchev–Trinajstić information content (AvgIpc) is 2.60. The predicted molar refractivity (Wildman–Crippen MR) is 49.8 cm³/mol. The van der Waals surface area contributed by atoms with Crippen molar-refractivity contribution in [3.8, 4) is 5.19 Å². The van der Waals surface area contributed by atoms with Gasteiger partial charge in [0.15, 0.2) is 0 Å². The van der Waals surface area contributed by atoms with Gasteiger partial charge in [-0.25, -0.2) is 0 Å². The normalized spacial score (nSPS) is 10.3. The van der Waals surface area contributed by atoms with Crippen LogP contribution in [0.2, 0.25) is 0 Å². The SMILES string of the molecule is COCCCOc1nnc(CN)s1. The van der Waals surface area contributed by atoms with Crippen LogP contribution in [0, 0.1) is 0 Å². The summed E-state index contributed by atoms with van der Waals surface area (Å²) < 4.78 is 10.2. The fourth-order valence-electron chi connectivity index (χ4n) is 0.742. The van der Waals surface area contributed by atoms with Crippen molar-refractivity contribution < 1.29 is 9.47 Å². The molecule has 0 fully saturated rings. The summed E-state index contributed by atoms with van der Waals surface area (Å²) in [5.41, 5.74) is 5.37. The van der Waals surface area contributed by atoms with Crippen molar-refractivity contribution in [3.05, 3.63) is 5.01 Å². The Balaban J connectivity index is 2.20. The van der Waals surface area contributed by atoms with Gasteiger partial charge in [0, 0.05) is 26.7 Å². The predicted octanol–water partition coefficient (Wildman–Crippen LogP) is 0.412. The number of hydrogen-bond donors (Lipinski definition) is 1. The Kier molecular flexibility index (Phi) is 4.66. The van der Waals surface area contributed by atoms with Crippen molar-refractivity contribution in [2.45, 2.75) is 13.0 Å². The number of rotatable bonds is 6. The van der Waals surface area contributed by atoms with Gasteiger partial charge in [-0.3, -0.25) is 0 Å². The second-order valence-electron chi connectivity index (χ2n) is 2.36.